The number of aliphatic hydroxyl groups is 1. The quantitative estimate of drug-likeness (QED) is 0.643. The highest BCUT2D eigenvalue weighted by Gasteiger charge is 2.30. The maximum absolute atomic E-state index is 12.0. The number of hydrogen-bond acceptors (Lipinski definition) is 5. The minimum absolute atomic E-state index is 0.0521. The van der Waals surface area contributed by atoms with Crippen molar-refractivity contribution in [3.05, 3.63) is 29.8 Å². The maximum atomic E-state index is 12.0. The van der Waals surface area contributed by atoms with Gasteiger partial charge in [-0.15, -0.1) is 0 Å². The topological polar surface area (TPSA) is 121 Å². The summed E-state index contributed by atoms with van der Waals surface area (Å²) in [6, 6.07) is 5.39. The van der Waals surface area contributed by atoms with E-state index in [4.69, 9.17) is 5.11 Å². The fraction of sp³-hybridized carbons (Fsp3) is 0.467. The number of nitrogens with one attached hydrogen (secondary N) is 1. The number of carbonyl (C=O) groups is 2. The first-order chi connectivity index (χ1) is 10.6. The maximum Gasteiger partial charge on any atom is 0.337 e. The zero-order valence-electron chi connectivity index (χ0n) is 13.1. The molecule has 0 heterocycles. The molecule has 1 atom stereocenters. The van der Waals surface area contributed by atoms with Crippen LogP contribution in [-0.2, 0) is 14.6 Å². The van der Waals surface area contributed by atoms with Crippen LogP contribution >= 0.6 is 0 Å². The average Bonchev–Trinajstić information content (AvgIpc) is 2.50. The van der Waals surface area contributed by atoms with Crippen LogP contribution in [0.5, 0.6) is 0 Å². The lowest BCUT2D eigenvalue weighted by molar-refractivity contribution is -0.155. The van der Waals surface area contributed by atoms with Crippen LogP contribution < -0.4 is 5.32 Å². The molecule has 1 aromatic carbocycles. The number of hydrogen-bond donors (Lipinski definition) is 3. The summed E-state index contributed by atoms with van der Waals surface area (Å²) in [5, 5.41) is 20.6. The molecule has 0 bridgehead atoms. The lowest BCUT2D eigenvalue weighted by atomic mass is 10.1. The number of carboxylic acids is 1. The van der Waals surface area contributed by atoms with Crippen molar-refractivity contribution in [2.45, 2.75) is 37.2 Å². The number of unbranched alkanes of at least 4 members (excludes halogenated alkanes) is 1. The van der Waals surface area contributed by atoms with Gasteiger partial charge in [-0.25, -0.2) is 13.2 Å². The zero-order valence-corrected chi connectivity index (χ0v) is 13.9. The second-order valence-corrected chi connectivity index (χ2v) is 7.57. The van der Waals surface area contributed by atoms with Gasteiger partial charge in [-0.1, -0.05) is 13.3 Å². The number of carboxylic acid groups (broad SMARTS) is 1. The molecule has 23 heavy (non-hydrogen) atoms. The van der Waals surface area contributed by atoms with Gasteiger partial charge in [0.05, 0.1) is 17.2 Å². The summed E-state index contributed by atoms with van der Waals surface area (Å²) >= 11 is 0. The molecule has 0 aliphatic heterocycles. The molecule has 0 aliphatic rings. The molecule has 0 aliphatic carbocycles. The van der Waals surface area contributed by atoms with Crippen LogP contribution in [0.1, 0.15) is 37.0 Å². The third-order valence-corrected chi connectivity index (χ3v) is 5.11. The van der Waals surface area contributed by atoms with Crippen molar-refractivity contribution in [3.8, 4) is 0 Å². The summed E-state index contributed by atoms with van der Waals surface area (Å²) in [6.45, 7) is 2.51. The summed E-state index contributed by atoms with van der Waals surface area (Å²) in [4.78, 5) is 22.8. The average molecular weight is 343 g/mol. The van der Waals surface area contributed by atoms with E-state index in [0.717, 1.165) is 13.3 Å². The number of rotatable bonds is 8. The van der Waals surface area contributed by atoms with Gasteiger partial charge in [-0.2, -0.15) is 0 Å². The Labute approximate surface area is 135 Å². The Bertz CT molecular complexity index is 664. The van der Waals surface area contributed by atoms with Crippen molar-refractivity contribution in [1.29, 1.82) is 0 Å². The van der Waals surface area contributed by atoms with Crippen LogP contribution in [0.3, 0.4) is 0 Å². The van der Waals surface area contributed by atoms with Crippen molar-refractivity contribution in [2.75, 3.05) is 12.3 Å². The van der Waals surface area contributed by atoms with Crippen LogP contribution in [0.4, 0.5) is 0 Å². The number of benzene rings is 1. The molecule has 0 spiro atoms. The summed E-state index contributed by atoms with van der Waals surface area (Å²) < 4.78 is 24.0. The molecule has 0 radical (unpaired) electrons. The first kappa shape index (κ1) is 19.1. The molecule has 1 rings (SSSR count). The van der Waals surface area contributed by atoms with Gasteiger partial charge in [0.15, 0.2) is 15.4 Å². The first-order valence-corrected chi connectivity index (χ1v) is 8.82. The van der Waals surface area contributed by atoms with E-state index in [-0.39, 0.29) is 16.2 Å². The van der Waals surface area contributed by atoms with E-state index in [1.54, 1.807) is 0 Å². The summed E-state index contributed by atoms with van der Waals surface area (Å²) in [7, 11) is -3.36. The second kappa shape index (κ2) is 7.56. The SMILES string of the molecule is CCCCS(=O)(=O)c1ccc(C(=O)NCC(C)(O)C(=O)O)cc1. The third kappa shape index (κ3) is 5.33. The predicted molar refractivity (Wildman–Crippen MR) is 84.0 cm³/mol. The molecule has 0 aromatic heterocycles. The van der Waals surface area contributed by atoms with E-state index in [0.29, 0.717) is 6.42 Å². The van der Waals surface area contributed by atoms with Crippen molar-refractivity contribution in [2.24, 2.45) is 0 Å². The number of carbonyl (C=O) groups excluding carboxylic acids is 1. The van der Waals surface area contributed by atoms with E-state index < -0.39 is 33.9 Å². The van der Waals surface area contributed by atoms with Gasteiger partial charge in [0.1, 0.15) is 0 Å². The smallest absolute Gasteiger partial charge is 0.337 e. The van der Waals surface area contributed by atoms with Gasteiger partial charge in [0, 0.05) is 5.56 Å². The molecule has 7 nitrogen and oxygen atoms in total. The summed E-state index contributed by atoms with van der Waals surface area (Å²) in [5.41, 5.74) is -1.89. The van der Waals surface area contributed by atoms with Gasteiger partial charge in [-0.05, 0) is 37.6 Å². The van der Waals surface area contributed by atoms with Crippen LogP contribution in [0, 0.1) is 0 Å². The van der Waals surface area contributed by atoms with Crippen molar-refractivity contribution >= 4 is 21.7 Å². The second-order valence-electron chi connectivity index (χ2n) is 5.46. The largest absolute Gasteiger partial charge is 0.479 e. The third-order valence-electron chi connectivity index (χ3n) is 3.30. The molecule has 0 fully saturated rings. The molecule has 128 valence electrons. The monoisotopic (exact) mass is 343 g/mol. The number of aliphatic carboxylic acids is 1. The van der Waals surface area contributed by atoms with Crippen LogP contribution in [0.2, 0.25) is 0 Å². The summed E-state index contributed by atoms with van der Waals surface area (Å²) in [5.74, 6) is -1.99. The minimum atomic E-state index is -3.36. The van der Waals surface area contributed by atoms with E-state index >= 15 is 0 Å². The molecule has 8 heteroatoms. The fourth-order valence-electron chi connectivity index (χ4n) is 1.70. The fourth-order valence-corrected chi connectivity index (χ4v) is 3.15. The van der Waals surface area contributed by atoms with Gasteiger partial charge in [0.25, 0.3) is 5.91 Å². The molecule has 0 saturated carbocycles. The molecule has 3 N–H and O–H groups in total. The molecular weight excluding hydrogens is 322 g/mol. The molecule has 1 amide bonds. The highest BCUT2D eigenvalue weighted by atomic mass is 32.2. The van der Waals surface area contributed by atoms with Crippen molar-refractivity contribution in [3.63, 3.8) is 0 Å². The van der Waals surface area contributed by atoms with Gasteiger partial charge >= 0.3 is 5.97 Å². The van der Waals surface area contributed by atoms with Crippen molar-refractivity contribution in [1.82, 2.24) is 5.32 Å². The normalized spacial score (nSPS) is 14.0. The Balaban J connectivity index is 2.77. The molecular formula is C15H21NO6S. The Hall–Kier alpha value is -1.93. The number of amides is 1. The zero-order chi connectivity index (χ0) is 17.7. The minimum Gasteiger partial charge on any atom is -0.479 e. The Morgan fingerprint density at radius 3 is 2.26 bits per heavy atom. The van der Waals surface area contributed by atoms with Gasteiger partial charge in [-0.3, -0.25) is 4.79 Å². The van der Waals surface area contributed by atoms with E-state index in [1.807, 2.05) is 6.92 Å². The summed E-state index contributed by atoms with van der Waals surface area (Å²) in [6.07, 6.45) is 1.33. The van der Waals surface area contributed by atoms with Crippen molar-refractivity contribution < 1.29 is 28.2 Å². The first-order valence-electron chi connectivity index (χ1n) is 7.17. The van der Waals surface area contributed by atoms with Gasteiger partial charge in [0.2, 0.25) is 0 Å². The van der Waals surface area contributed by atoms with Crippen LogP contribution in [0.25, 0.3) is 0 Å². The lowest BCUT2D eigenvalue weighted by Gasteiger charge is -2.18. The predicted octanol–water partition coefficient (Wildman–Crippen LogP) is 0.826. The molecule has 1 unspecified atom stereocenters. The van der Waals surface area contributed by atoms with Crippen LogP contribution in [-0.4, -0.2) is 48.4 Å². The highest BCUT2D eigenvalue weighted by Crippen LogP contribution is 2.14. The van der Waals surface area contributed by atoms with E-state index in [9.17, 15) is 23.1 Å². The number of sulfone groups is 1. The lowest BCUT2D eigenvalue weighted by Crippen LogP contribution is -2.46. The van der Waals surface area contributed by atoms with Crippen LogP contribution in [0.15, 0.2) is 29.2 Å². The van der Waals surface area contributed by atoms with E-state index in [1.165, 1.54) is 24.3 Å². The Morgan fingerprint density at radius 2 is 1.78 bits per heavy atom. The molecule has 0 saturated heterocycles. The standard InChI is InChI=1S/C15H21NO6S/c1-3-4-9-23(21,22)12-7-5-11(6-8-12)13(17)16-10-15(2,20)14(18)19/h5-8,20H,3-4,9-10H2,1-2H3,(H,16,17)(H,18,19). The van der Waals surface area contributed by atoms with E-state index in [2.05, 4.69) is 5.32 Å². The van der Waals surface area contributed by atoms with Gasteiger partial charge < -0.3 is 15.5 Å². The highest BCUT2D eigenvalue weighted by molar-refractivity contribution is 7.91. The molecule has 1 aromatic rings. The Kier molecular flexibility index (Phi) is 6.28. The Morgan fingerprint density at radius 1 is 1.22 bits per heavy atom.